The van der Waals surface area contributed by atoms with Crippen LogP contribution in [0.5, 0.6) is 0 Å². The summed E-state index contributed by atoms with van der Waals surface area (Å²) in [6, 6.07) is 16.6. The highest BCUT2D eigenvalue weighted by atomic mass is 16.2. The molecular weight excluding hydrogens is 384 g/mol. The SMILES string of the molecule is CCc1cccc(CN2CCCC3(CCN(c4cnc5ccccc5n4)CC3)C2=O)c1. The molecule has 1 spiro atoms. The van der Waals surface area contributed by atoms with Gasteiger partial charge in [-0.15, -0.1) is 0 Å². The number of anilines is 1. The van der Waals surface area contributed by atoms with Gasteiger partial charge in [-0.3, -0.25) is 9.78 Å². The molecule has 2 aliphatic rings. The third kappa shape index (κ3) is 3.89. The number of aromatic nitrogens is 2. The predicted molar refractivity (Wildman–Crippen MR) is 124 cm³/mol. The van der Waals surface area contributed by atoms with Gasteiger partial charge < -0.3 is 9.80 Å². The number of amides is 1. The lowest BCUT2D eigenvalue weighted by Gasteiger charge is -2.46. The van der Waals surface area contributed by atoms with Gasteiger partial charge in [-0.1, -0.05) is 43.3 Å². The van der Waals surface area contributed by atoms with Crippen molar-refractivity contribution in [3.8, 4) is 0 Å². The van der Waals surface area contributed by atoms with E-state index in [1.165, 1.54) is 11.1 Å². The second-order valence-electron chi connectivity index (χ2n) is 8.99. The van der Waals surface area contributed by atoms with E-state index in [-0.39, 0.29) is 5.41 Å². The maximum atomic E-state index is 13.6. The monoisotopic (exact) mass is 414 g/mol. The normalized spacial score (nSPS) is 18.7. The van der Waals surface area contributed by atoms with Crippen LogP contribution in [0.25, 0.3) is 11.0 Å². The zero-order chi connectivity index (χ0) is 21.3. The molecule has 5 nitrogen and oxygen atoms in total. The molecule has 5 rings (SSSR count). The van der Waals surface area contributed by atoms with Crippen molar-refractivity contribution < 1.29 is 4.79 Å². The second kappa shape index (κ2) is 8.29. The van der Waals surface area contributed by atoms with Crippen LogP contribution >= 0.6 is 0 Å². The highest BCUT2D eigenvalue weighted by molar-refractivity contribution is 5.84. The van der Waals surface area contributed by atoms with Crippen LogP contribution in [0.1, 0.15) is 43.7 Å². The summed E-state index contributed by atoms with van der Waals surface area (Å²) < 4.78 is 0. The number of para-hydroxylation sites is 2. The van der Waals surface area contributed by atoms with E-state index < -0.39 is 0 Å². The first-order chi connectivity index (χ1) is 15.2. The van der Waals surface area contributed by atoms with E-state index in [4.69, 9.17) is 4.98 Å². The van der Waals surface area contributed by atoms with Crippen LogP contribution in [0.4, 0.5) is 5.82 Å². The van der Waals surface area contributed by atoms with Crippen LogP contribution in [0, 0.1) is 5.41 Å². The predicted octanol–water partition coefficient (Wildman–Crippen LogP) is 4.60. The maximum Gasteiger partial charge on any atom is 0.229 e. The fourth-order valence-electron chi connectivity index (χ4n) is 5.20. The number of fused-ring (bicyclic) bond motifs is 1. The highest BCUT2D eigenvalue weighted by Crippen LogP contribution is 2.42. The first-order valence-corrected chi connectivity index (χ1v) is 11.5. The largest absolute Gasteiger partial charge is 0.355 e. The molecule has 2 aliphatic heterocycles. The van der Waals surface area contributed by atoms with Gasteiger partial charge in [0.05, 0.1) is 22.6 Å². The summed E-state index contributed by atoms with van der Waals surface area (Å²) in [6.45, 7) is 5.49. The number of rotatable bonds is 4. The Morgan fingerprint density at radius 2 is 1.71 bits per heavy atom. The van der Waals surface area contributed by atoms with Gasteiger partial charge >= 0.3 is 0 Å². The highest BCUT2D eigenvalue weighted by Gasteiger charge is 2.45. The molecule has 2 aromatic carbocycles. The minimum Gasteiger partial charge on any atom is -0.355 e. The Morgan fingerprint density at radius 3 is 2.52 bits per heavy atom. The van der Waals surface area contributed by atoms with Gasteiger partial charge in [-0.2, -0.15) is 0 Å². The molecule has 3 heterocycles. The van der Waals surface area contributed by atoms with Gasteiger partial charge in [0.2, 0.25) is 5.91 Å². The van der Waals surface area contributed by atoms with E-state index >= 15 is 0 Å². The number of hydrogen-bond acceptors (Lipinski definition) is 4. The second-order valence-corrected chi connectivity index (χ2v) is 8.99. The Morgan fingerprint density at radius 1 is 0.935 bits per heavy atom. The lowest BCUT2D eigenvalue weighted by molar-refractivity contribution is -0.148. The van der Waals surface area contributed by atoms with E-state index in [1.54, 1.807) is 0 Å². The zero-order valence-corrected chi connectivity index (χ0v) is 18.3. The summed E-state index contributed by atoms with van der Waals surface area (Å²) in [5.74, 6) is 1.27. The van der Waals surface area contributed by atoms with Crippen molar-refractivity contribution in [1.29, 1.82) is 0 Å². The number of benzene rings is 2. The van der Waals surface area contributed by atoms with Crippen LogP contribution < -0.4 is 4.90 Å². The first kappa shape index (κ1) is 20.0. The summed E-state index contributed by atoms with van der Waals surface area (Å²) >= 11 is 0. The third-order valence-electron chi connectivity index (χ3n) is 7.08. The maximum absolute atomic E-state index is 13.6. The molecule has 0 atom stereocenters. The van der Waals surface area contributed by atoms with E-state index in [1.807, 2.05) is 30.5 Å². The number of carbonyl (C=O) groups excluding carboxylic acids is 1. The number of nitrogens with zero attached hydrogens (tertiary/aromatic N) is 4. The molecule has 2 saturated heterocycles. The van der Waals surface area contributed by atoms with Gasteiger partial charge in [0.25, 0.3) is 0 Å². The average molecular weight is 415 g/mol. The smallest absolute Gasteiger partial charge is 0.229 e. The van der Waals surface area contributed by atoms with Crippen LogP contribution in [-0.4, -0.2) is 40.4 Å². The van der Waals surface area contributed by atoms with E-state index in [9.17, 15) is 4.79 Å². The molecule has 160 valence electrons. The summed E-state index contributed by atoms with van der Waals surface area (Å²) in [5, 5.41) is 0. The van der Waals surface area contributed by atoms with Crippen molar-refractivity contribution in [2.45, 2.75) is 45.6 Å². The number of carbonyl (C=O) groups is 1. The fourth-order valence-corrected chi connectivity index (χ4v) is 5.20. The number of aryl methyl sites for hydroxylation is 1. The minimum absolute atomic E-state index is 0.207. The Bertz CT molecular complexity index is 1090. The number of hydrogen-bond donors (Lipinski definition) is 0. The molecule has 0 radical (unpaired) electrons. The average Bonchev–Trinajstić information content (AvgIpc) is 2.82. The topological polar surface area (TPSA) is 49.3 Å². The van der Waals surface area contributed by atoms with E-state index in [0.29, 0.717) is 5.91 Å². The molecule has 31 heavy (non-hydrogen) atoms. The molecular formula is C26H30N4O. The Balaban J connectivity index is 1.28. The van der Waals surface area contributed by atoms with Gasteiger partial charge in [-0.25, -0.2) is 4.98 Å². The van der Waals surface area contributed by atoms with Gasteiger partial charge in [0.15, 0.2) is 0 Å². The summed E-state index contributed by atoms with van der Waals surface area (Å²) in [7, 11) is 0. The lowest BCUT2D eigenvalue weighted by atomic mass is 9.71. The first-order valence-electron chi connectivity index (χ1n) is 11.5. The molecule has 2 fully saturated rings. The molecule has 0 aliphatic carbocycles. The lowest BCUT2D eigenvalue weighted by Crippen LogP contribution is -2.53. The van der Waals surface area contributed by atoms with Crippen molar-refractivity contribution in [2.24, 2.45) is 5.41 Å². The molecule has 0 N–H and O–H groups in total. The van der Waals surface area contributed by atoms with Crippen LogP contribution in [0.3, 0.4) is 0 Å². The number of piperidine rings is 2. The van der Waals surface area contributed by atoms with Crippen molar-refractivity contribution >= 4 is 22.8 Å². The van der Waals surface area contributed by atoms with Crippen molar-refractivity contribution in [3.63, 3.8) is 0 Å². The van der Waals surface area contributed by atoms with Crippen LogP contribution in [0.15, 0.2) is 54.7 Å². The molecule has 5 heteroatoms. The Labute approximate surface area is 184 Å². The van der Waals surface area contributed by atoms with Crippen LogP contribution in [-0.2, 0) is 17.8 Å². The molecule has 0 saturated carbocycles. The molecule has 0 bridgehead atoms. The van der Waals surface area contributed by atoms with Gasteiger partial charge in [0, 0.05) is 26.2 Å². The van der Waals surface area contributed by atoms with Crippen molar-refractivity contribution in [3.05, 3.63) is 65.9 Å². The number of likely N-dealkylation sites (tertiary alicyclic amines) is 1. The fraction of sp³-hybridized carbons (Fsp3) is 0.423. The van der Waals surface area contributed by atoms with E-state index in [0.717, 1.165) is 75.1 Å². The summed E-state index contributed by atoms with van der Waals surface area (Å²) in [5.41, 5.74) is 4.22. The molecule has 1 amide bonds. The van der Waals surface area contributed by atoms with Crippen molar-refractivity contribution in [2.75, 3.05) is 24.5 Å². The Hall–Kier alpha value is -2.95. The zero-order valence-electron chi connectivity index (χ0n) is 18.3. The standard InChI is InChI=1S/C26H30N4O/c1-2-20-7-5-8-21(17-20)19-30-14-6-11-26(25(30)31)12-15-29(16-13-26)24-18-27-22-9-3-4-10-23(22)28-24/h3-5,7-10,17-18H,2,6,11-16,19H2,1H3. The van der Waals surface area contributed by atoms with Gasteiger partial charge in [0.1, 0.15) is 5.82 Å². The summed E-state index contributed by atoms with van der Waals surface area (Å²) in [6.07, 6.45) is 6.79. The quantitative estimate of drug-likeness (QED) is 0.626. The van der Waals surface area contributed by atoms with Gasteiger partial charge in [-0.05, 0) is 55.4 Å². The molecule has 1 aromatic heterocycles. The molecule has 0 unspecified atom stereocenters. The third-order valence-corrected chi connectivity index (χ3v) is 7.08. The Kier molecular flexibility index (Phi) is 5.34. The van der Waals surface area contributed by atoms with E-state index in [2.05, 4.69) is 46.0 Å². The van der Waals surface area contributed by atoms with Crippen molar-refractivity contribution in [1.82, 2.24) is 14.9 Å². The molecule has 3 aromatic rings. The minimum atomic E-state index is -0.207. The van der Waals surface area contributed by atoms with Crippen LogP contribution in [0.2, 0.25) is 0 Å². The summed E-state index contributed by atoms with van der Waals surface area (Å²) in [4.78, 5) is 27.3.